The van der Waals surface area contributed by atoms with Gasteiger partial charge >= 0.3 is 0 Å². The van der Waals surface area contributed by atoms with E-state index in [1.165, 1.54) is 12.1 Å². The van der Waals surface area contributed by atoms with E-state index in [1.54, 1.807) is 30.3 Å². The third-order valence-corrected chi connectivity index (χ3v) is 6.51. The quantitative estimate of drug-likeness (QED) is 0.477. The average molecular weight is 473 g/mol. The van der Waals surface area contributed by atoms with Gasteiger partial charge in [0.05, 0.1) is 11.5 Å². The molecule has 0 aliphatic heterocycles. The molecular formula is C24H25ClN2O4S. The van der Waals surface area contributed by atoms with Crippen molar-refractivity contribution in [3.05, 3.63) is 88.9 Å². The average Bonchev–Trinajstić information content (AvgIpc) is 2.76. The maximum Gasteiger partial charge on any atom is 0.242 e. The normalized spacial score (nSPS) is 12.2. The van der Waals surface area contributed by atoms with Crippen LogP contribution in [0.1, 0.15) is 18.1 Å². The highest BCUT2D eigenvalue weighted by molar-refractivity contribution is 7.89. The number of carbonyl (C=O) groups is 1. The van der Waals surface area contributed by atoms with Gasteiger partial charge < -0.3 is 10.1 Å². The SMILES string of the molecule is CCOc1ccc(S(=O)(=O)NC(Cc2ccccc2)C(=O)Nc2ccc(Cl)cc2C)cc1. The number of amides is 1. The number of hydrogen-bond acceptors (Lipinski definition) is 4. The minimum atomic E-state index is -3.95. The summed E-state index contributed by atoms with van der Waals surface area (Å²) in [5, 5.41) is 3.37. The van der Waals surface area contributed by atoms with Crippen LogP contribution in [0.25, 0.3) is 0 Å². The van der Waals surface area contributed by atoms with Crippen LogP contribution in [0.4, 0.5) is 5.69 Å². The fourth-order valence-corrected chi connectivity index (χ4v) is 4.58. The third-order valence-electron chi connectivity index (χ3n) is 4.79. The number of hydrogen-bond donors (Lipinski definition) is 2. The van der Waals surface area contributed by atoms with Crippen LogP contribution < -0.4 is 14.8 Å². The molecule has 168 valence electrons. The Hall–Kier alpha value is -2.87. The highest BCUT2D eigenvalue weighted by Crippen LogP contribution is 2.21. The molecule has 6 nitrogen and oxygen atoms in total. The van der Waals surface area contributed by atoms with Gasteiger partial charge in [0.15, 0.2) is 0 Å². The number of anilines is 1. The summed E-state index contributed by atoms with van der Waals surface area (Å²) in [5.74, 6) is 0.108. The molecule has 2 N–H and O–H groups in total. The zero-order chi connectivity index (χ0) is 23.1. The van der Waals surface area contributed by atoms with Crippen molar-refractivity contribution in [1.29, 1.82) is 0 Å². The second-order valence-electron chi connectivity index (χ2n) is 7.22. The topological polar surface area (TPSA) is 84.5 Å². The summed E-state index contributed by atoms with van der Waals surface area (Å²) < 4.78 is 34.0. The van der Waals surface area contributed by atoms with Gasteiger partial charge in [-0.3, -0.25) is 4.79 Å². The summed E-state index contributed by atoms with van der Waals surface area (Å²) in [6.07, 6.45) is 0.190. The van der Waals surface area contributed by atoms with Crippen LogP contribution in [-0.2, 0) is 21.2 Å². The van der Waals surface area contributed by atoms with Crippen LogP contribution in [0.5, 0.6) is 5.75 Å². The Labute approximate surface area is 193 Å². The highest BCUT2D eigenvalue weighted by Gasteiger charge is 2.26. The van der Waals surface area contributed by atoms with Gasteiger partial charge in [-0.05, 0) is 73.9 Å². The van der Waals surface area contributed by atoms with Crippen molar-refractivity contribution in [2.24, 2.45) is 0 Å². The Morgan fingerprint density at radius 2 is 1.72 bits per heavy atom. The molecule has 0 spiro atoms. The molecule has 0 radical (unpaired) electrons. The number of carbonyl (C=O) groups excluding carboxylic acids is 1. The first kappa shape index (κ1) is 23.8. The lowest BCUT2D eigenvalue weighted by Gasteiger charge is -2.20. The van der Waals surface area contributed by atoms with E-state index in [0.717, 1.165) is 11.1 Å². The molecule has 32 heavy (non-hydrogen) atoms. The first-order valence-corrected chi connectivity index (χ1v) is 12.0. The molecular weight excluding hydrogens is 448 g/mol. The smallest absolute Gasteiger partial charge is 0.242 e. The zero-order valence-electron chi connectivity index (χ0n) is 17.8. The van der Waals surface area contributed by atoms with Crippen LogP contribution in [0.2, 0.25) is 5.02 Å². The van der Waals surface area contributed by atoms with Crippen LogP contribution in [0.3, 0.4) is 0 Å². The monoisotopic (exact) mass is 472 g/mol. The number of ether oxygens (including phenoxy) is 1. The zero-order valence-corrected chi connectivity index (χ0v) is 19.4. The van der Waals surface area contributed by atoms with E-state index in [-0.39, 0.29) is 11.3 Å². The maximum absolute atomic E-state index is 13.1. The summed E-state index contributed by atoms with van der Waals surface area (Å²) in [6, 6.07) is 19.4. The largest absolute Gasteiger partial charge is 0.494 e. The van der Waals surface area contributed by atoms with E-state index in [1.807, 2.05) is 44.2 Å². The minimum absolute atomic E-state index is 0.0505. The number of halogens is 1. The fourth-order valence-electron chi connectivity index (χ4n) is 3.16. The Morgan fingerprint density at radius 3 is 2.34 bits per heavy atom. The summed E-state index contributed by atoms with van der Waals surface area (Å²) in [7, 11) is -3.95. The molecule has 3 aromatic carbocycles. The molecule has 0 fully saturated rings. The molecule has 0 heterocycles. The molecule has 8 heteroatoms. The molecule has 0 saturated heterocycles. The number of nitrogens with one attached hydrogen (secondary N) is 2. The summed E-state index contributed by atoms with van der Waals surface area (Å²) in [4.78, 5) is 13.2. The Bertz CT molecular complexity index is 1170. The molecule has 1 unspecified atom stereocenters. The van der Waals surface area contributed by atoms with E-state index in [0.29, 0.717) is 23.1 Å². The fraction of sp³-hybridized carbons (Fsp3) is 0.208. The van der Waals surface area contributed by atoms with Gasteiger partial charge in [0.2, 0.25) is 15.9 Å². The number of rotatable bonds is 9. The van der Waals surface area contributed by atoms with Gasteiger partial charge in [-0.1, -0.05) is 41.9 Å². The maximum atomic E-state index is 13.1. The number of sulfonamides is 1. The molecule has 3 rings (SSSR count). The Kier molecular flexibility index (Phi) is 7.90. The van der Waals surface area contributed by atoms with E-state index in [4.69, 9.17) is 16.3 Å². The van der Waals surface area contributed by atoms with Crippen LogP contribution in [0.15, 0.2) is 77.7 Å². The molecule has 0 aliphatic rings. The molecule has 1 atom stereocenters. The first-order valence-electron chi connectivity index (χ1n) is 10.1. The van der Waals surface area contributed by atoms with Crippen molar-refractivity contribution in [2.45, 2.75) is 31.2 Å². The van der Waals surface area contributed by atoms with Gasteiger partial charge in [-0.15, -0.1) is 0 Å². The second-order valence-corrected chi connectivity index (χ2v) is 9.37. The summed E-state index contributed by atoms with van der Waals surface area (Å²) in [5.41, 5.74) is 2.17. The lowest BCUT2D eigenvalue weighted by atomic mass is 10.1. The standard InChI is InChI=1S/C24H25ClN2O4S/c1-3-31-20-10-12-21(13-11-20)32(29,30)27-23(16-18-7-5-4-6-8-18)24(28)26-22-14-9-19(25)15-17(22)2/h4-15,23,27H,3,16H2,1-2H3,(H,26,28). The van der Waals surface area contributed by atoms with Crippen molar-refractivity contribution in [3.8, 4) is 5.75 Å². The van der Waals surface area contributed by atoms with Gasteiger partial charge in [0.25, 0.3) is 0 Å². The highest BCUT2D eigenvalue weighted by atomic mass is 35.5. The second kappa shape index (κ2) is 10.6. The lowest BCUT2D eigenvalue weighted by Crippen LogP contribution is -2.45. The van der Waals surface area contributed by atoms with Gasteiger partial charge in [0.1, 0.15) is 11.8 Å². The van der Waals surface area contributed by atoms with Gasteiger partial charge in [-0.2, -0.15) is 4.72 Å². The Morgan fingerprint density at radius 1 is 1.03 bits per heavy atom. The molecule has 0 saturated carbocycles. The lowest BCUT2D eigenvalue weighted by molar-refractivity contribution is -0.117. The molecule has 3 aromatic rings. The van der Waals surface area contributed by atoms with Gasteiger partial charge in [-0.25, -0.2) is 8.42 Å². The minimum Gasteiger partial charge on any atom is -0.494 e. The predicted octanol–water partition coefficient (Wildman–Crippen LogP) is 4.58. The van der Waals surface area contributed by atoms with Crippen molar-refractivity contribution < 1.29 is 17.9 Å². The summed E-state index contributed by atoms with van der Waals surface area (Å²) >= 11 is 6.00. The van der Waals surface area contributed by atoms with E-state index >= 15 is 0 Å². The van der Waals surface area contributed by atoms with Crippen molar-refractivity contribution >= 4 is 33.2 Å². The van der Waals surface area contributed by atoms with Crippen LogP contribution in [0, 0.1) is 6.92 Å². The Balaban J connectivity index is 1.85. The summed E-state index contributed by atoms with van der Waals surface area (Å²) in [6.45, 7) is 4.15. The molecule has 1 amide bonds. The number of benzene rings is 3. The van der Waals surface area contributed by atoms with E-state index in [2.05, 4.69) is 10.0 Å². The van der Waals surface area contributed by atoms with Gasteiger partial charge in [0, 0.05) is 10.7 Å². The van der Waals surface area contributed by atoms with Crippen molar-refractivity contribution in [2.75, 3.05) is 11.9 Å². The molecule has 0 bridgehead atoms. The third kappa shape index (κ3) is 6.32. The van der Waals surface area contributed by atoms with Crippen LogP contribution in [-0.4, -0.2) is 27.0 Å². The first-order chi connectivity index (χ1) is 15.3. The van der Waals surface area contributed by atoms with Crippen LogP contribution >= 0.6 is 11.6 Å². The molecule has 0 aromatic heterocycles. The van der Waals surface area contributed by atoms with E-state index < -0.39 is 22.0 Å². The van der Waals surface area contributed by atoms with Crippen molar-refractivity contribution in [1.82, 2.24) is 4.72 Å². The predicted molar refractivity (Wildman–Crippen MR) is 127 cm³/mol. The number of aryl methyl sites for hydroxylation is 1. The van der Waals surface area contributed by atoms with E-state index in [9.17, 15) is 13.2 Å². The molecule has 0 aliphatic carbocycles. The van der Waals surface area contributed by atoms with Crippen molar-refractivity contribution in [3.63, 3.8) is 0 Å².